The number of ether oxygens (including phenoxy) is 3. The second-order valence-electron chi connectivity index (χ2n) is 17.0. The SMILES string of the molecule is CC/C=C\C[C@H](O)/C=C/C=C\C=C\[C@H](O)C/C=C\C/C=C\CCC(=O)O[C@H](COC(=O)CCCCCCC/C=C\CCCCCC)COP(=O)(O)OP(=O)(O)OC[C@H]1O[C@@H](n2ccc(N)nc2=O)[C@H](O)[C@@H]1O. The molecule has 1 aromatic rings. The van der Waals surface area contributed by atoms with E-state index in [0.29, 0.717) is 25.7 Å². The van der Waals surface area contributed by atoms with E-state index in [0.717, 1.165) is 55.7 Å². The molecule has 0 bridgehead atoms. The van der Waals surface area contributed by atoms with E-state index in [1.54, 1.807) is 48.6 Å². The van der Waals surface area contributed by atoms with Crippen LogP contribution in [0.4, 0.5) is 5.82 Å². The zero-order chi connectivity index (χ0) is 53.0. The van der Waals surface area contributed by atoms with Crippen LogP contribution in [0.25, 0.3) is 0 Å². The first-order valence-corrected chi connectivity index (χ1v) is 27.8. The maximum Gasteiger partial charge on any atom is 0.481 e. The van der Waals surface area contributed by atoms with Crippen molar-refractivity contribution in [2.75, 3.05) is 25.6 Å². The van der Waals surface area contributed by atoms with Crippen LogP contribution in [0.15, 0.2) is 102 Å². The van der Waals surface area contributed by atoms with Gasteiger partial charge in [0, 0.05) is 19.0 Å². The quantitative estimate of drug-likeness (QED) is 0.0109. The summed E-state index contributed by atoms with van der Waals surface area (Å²) in [6, 6.07) is 1.23. The van der Waals surface area contributed by atoms with Crippen LogP contribution in [-0.2, 0) is 46.3 Å². The van der Waals surface area contributed by atoms with Gasteiger partial charge in [-0.25, -0.2) is 13.9 Å². The van der Waals surface area contributed by atoms with Crippen molar-refractivity contribution < 1.29 is 76.5 Å². The Bertz CT molecular complexity index is 2070. The number of hydrogen-bond acceptors (Lipinski definition) is 17. The number of carbonyl (C=O) groups excluding carboxylic acids is 2. The average Bonchev–Trinajstić information content (AvgIpc) is 3.61. The Kier molecular flexibility index (Phi) is 33.4. The fraction of sp³-hybridized carbons (Fsp3) is 0.600. The minimum absolute atomic E-state index is 0.0743. The van der Waals surface area contributed by atoms with Crippen LogP contribution < -0.4 is 11.4 Å². The molecule has 1 aliphatic rings. The zero-order valence-electron chi connectivity index (χ0n) is 41.7. The molecule has 1 saturated heterocycles. The van der Waals surface area contributed by atoms with E-state index in [1.807, 2.05) is 31.2 Å². The minimum atomic E-state index is -5.47. The summed E-state index contributed by atoms with van der Waals surface area (Å²) in [7, 11) is -10.9. The summed E-state index contributed by atoms with van der Waals surface area (Å²) in [6.07, 6.45) is 31.7. The van der Waals surface area contributed by atoms with Crippen molar-refractivity contribution in [3.63, 3.8) is 0 Å². The van der Waals surface area contributed by atoms with Gasteiger partial charge < -0.3 is 50.2 Å². The fourth-order valence-electron chi connectivity index (χ4n) is 6.74. The van der Waals surface area contributed by atoms with Gasteiger partial charge >= 0.3 is 33.3 Å². The zero-order valence-corrected chi connectivity index (χ0v) is 43.5. The second kappa shape index (κ2) is 37.6. The third-order valence-corrected chi connectivity index (χ3v) is 13.2. The minimum Gasteiger partial charge on any atom is -0.462 e. The van der Waals surface area contributed by atoms with Gasteiger partial charge in [-0.15, -0.1) is 0 Å². The Morgan fingerprint density at radius 2 is 1.35 bits per heavy atom. The maximum absolute atomic E-state index is 12.8. The van der Waals surface area contributed by atoms with Crippen molar-refractivity contribution >= 4 is 33.4 Å². The molecule has 2 rings (SSSR count). The topological polar surface area (TPSA) is 306 Å². The first kappa shape index (κ1) is 64.0. The van der Waals surface area contributed by atoms with Crippen LogP contribution in [0.2, 0.25) is 0 Å². The third-order valence-electron chi connectivity index (χ3n) is 10.6. The highest BCUT2D eigenvalue weighted by molar-refractivity contribution is 7.61. The van der Waals surface area contributed by atoms with Crippen molar-refractivity contribution in [2.24, 2.45) is 0 Å². The van der Waals surface area contributed by atoms with Crippen LogP contribution in [0, 0.1) is 0 Å². The maximum atomic E-state index is 12.8. The van der Waals surface area contributed by atoms with Gasteiger partial charge in [0.25, 0.3) is 0 Å². The molecule has 20 nitrogen and oxygen atoms in total. The lowest BCUT2D eigenvalue weighted by molar-refractivity contribution is -0.161. The number of phosphoric acid groups is 2. The van der Waals surface area contributed by atoms with Gasteiger partial charge in [-0.05, 0) is 70.3 Å². The van der Waals surface area contributed by atoms with Crippen LogP contribution in [-0.4, -0.2) is 108 Å². The summed E-state index contributed by atoms with van der Waals surface area (Å²) in [4.78, 5) is 61.8. The molecule has 0 aromatic carbocycles. The molecule has 22 heteroatoms. The standard InChI is InChI=1S/C50H79N3O17P2/c1-3-5-7-8-9-10-11-12-13-14-15-19-27-33-45(56)65-37-42(68-46(57)34-28-20-17-16-18-24-30-41(55)32-26-22-21-25-31-40(54)29-23-6-4-2)38-66-71(61,62)70-72(63,64)67-39-43-47(58)48(59)49(69-43)53-36-35-44(51)52-50(53)60/h6,10-11,17-18,20-26,31-32,35-36,40-43,47-49,54-55,58-59H,3-5,7-9,12-16,19,27-30,33-34,37-39H2,1-2H3,(H,61,62)(H,63,64)(H2,51,52,60)/b11-10-,20-17-,22-21-,23-6-,24-18-,31-25+,32-26+/t40-,41+,42+,43+,47+,48+,49+/m0/s1. The molecule has 1 aliphatic heterocycles. The summed E-state index contributed by atoms with van der Waals surface area (Å²) < 4.78 is 56.5. The van der Waals surface area contributed by atoms with Gasteiger partial charge in [-0.3, -0.25) is 23.2 Å². The van der Waals surface area contributed by atoms with Gasteiger partial charge in [0.05, 0.1) is 25.4 Å². The number of rotatable bonds is 39. The van der Waals surface area contributed by atoms with E-state index in [2.05, 4.69) is 28.4 Å². The molecule has 1 aromatic heterocycles. The highest BCUT2D eigenvalue weighted by Crippen LogP contribution is 2.60. The molecule has 0 radical (unpaired) electrons. The van der Waals surface area contributed by atoms with E-state index in [1.165, 1.54) is 31.7 Å². The van der Waals surface area contributed by atoms with Gasteiger partial charge in [0.2, 0.25) is 0 Å². The number of unbranched alkanes of at least 4 members (excludes halogenated alkanes) is 9. The summed E-state index contributed by atoms with van der Waals surface area (Å²) in [6.45, 7) is 1.75. The number of anilines is 1. The molecule has 72 heavy (non-hydrogen) atoms. The lowest BCUT2D eigenvalue weighted by Crippen LogP contribution is -2.36. The Hall–Kier alpha value is -4.14. The Balaban J connectivity index is 1.88. The van der Waals surface area contributed by atoms with Crippen molar-refractivity contribution in [1.29, 1.82) is 0 Å². The Labute approximate surface area is 423 Å². The second-order valence-corrected chi connectivity index (χ2v) is 20.0. The highest BCUT2D eigenvalue weighted by atomic mass is 31.3. The Morgan fingerprint density at radius 1 is 0.750 bits per heavy atom. The van der Waals surface area contributed by atoms with Crippen LogP contribution in [0.3, 0.4) is 0 Å². The van der Waals surface area contributed by atoms with Crippen LogP contribution in [0.5, 0.6) is 0 Å². The van der Waals surface area contributed by atoms with Gasteiger partial charge in [0.1, 0.15) is 30.7 Å². The van der Waals surface area contributed by atoms with Gasteiger partial charge in [-0.1, -0.05) is 137 Å². The monoisotopic (exact) mass is 1060 g/mol. The van der Waals surface area contributed by atoms with E-state index in [4.69, 9.17) is 29.0 Å². The number of hydrogen-bond donors (Lipinski definition) is 7. The van der Waals surface area contributed by atoms with E-state index < -0.39 is 95.9 Å². The molecule has 0 spiro atoms. The van der Waals surface area contributed by atoms with E-state index in [9.17, 15) is 53.7 Å². The summed E-state index contributed by atoms with van der Waals surface area (Å²) in [5.74, 6) is -1.50. The van der Waals surface area contributed by atoms with Crippen molar-refractivity contribution in [3.05, 3.63) is 108 Å². The third kappa shape index (κ3) is 30.2. The molecule has 0 saturated carbocycles. The van der Waals surface area contributed by atoms with Crippen molar-refractivity contribution in [2.45, 2.75) is 172 Å². The number of aliphatic hydroxyl groups is 4. The number of nitrogens with zero attached hydrogens (tertiary/aromatic N) is 2. The molecule has 1 fully saturated rings. The molecule has 9 atom stereocenters. The first-order chi connectivity index (χ1) is 34.5. The number of nitrogen functional groups attached to an aromatic ring is 1. The van der Waals surface area contributed by atoms with Crippen LogP contribution in [0.1, 0.15) is 136 Å². The molecule has 2 heterocycles. The fourth-order valence-corrected chi connectivity index (χ4v) is 8.85. The lowest BCUT2D eigenvalue weighted by atomic mass is 10.1. The molecule has 0 aliphatic carbocycles. The summed E-state index contributed by atoms with van der Waals surface area (Å²) >= 11 is 0. The molecule has 406 valence electrons. The number of allylic oxidation sites excluding steroid dienone is 10. The molecular weight excluding hydrogens is 977 g/mol. The predicted molar refractivity (Wildman–Crippen MR) is 273 cm³/mol. The number of carbonyl (C=O) groups is 2. The van der Waals surface area contributed by atoms with Crippen molar-refractivity contribution in [1.82, 2.24) is 9.55 Å². The molecule has 0 amide bonds. The van der Waals surface area contributed by atoms with Gasteiger partial charge in [0.15, 0.2) is 12.3 Å². The molecule has 8 N–H and O–H groups in total. The number of phosphoric ester groups is 2. The molecular formula is C50H79N3O17P2. The largest absolute Gasteiger partial charge is 0.481 e. The average molecular weight is 1060 g/mol. The number of aromatic nitrogens is 2. The first-order valence-electron chi connectivity index (χ1n) is 24.8. The highest BCUT2D eigenvalue weighted by Gasteiger charge is 2.46. The van der Waals surface area contributed by atoms with E-state index in [-0.39, 0.29) is 25.1 Å². The van der Waals surface area contributed by atoms with Gasteiger partial charge in [-0.2, -0.15) is 9.29 Å². The van der Waals surface area contributed by atoms with Crippen LogP contribution >= 0.6 is 15.6 Å². The normalized spacial score (nSPS) is 20.7. The number of esters is 2. The lowest BCUT2D eigenvalue weighted by Gasteiger charge is -2.21. The smallest absolute Gasteiger partial charge is 0.462 e. The van der Waals surface area contributed by atoms with Crippen molar-refractivity contribution in [3.8, 4) is 0 Å². The number of nitrogens with two attached hydrogens (primary N) is 1. The molecule has 2 unspecified atom stereocenters. The van der Waals surface area contributed by atoms with E-state index >= 15 is 0 Å². The summed E-state index contributed by atoms with van der Waals surface area (Å²) in [5, 5.41) is 41.0. The Morgan fingerprint density at radius 3 is 2.00 bits per heavy atom. The summed E-state index contributed by atoms with van der Waals surface area (Å²) in [5.41, 5.74) is 4.56. The number of aliphatic hydroxyl groups excluding tert-OH is 4. The predicted octanol–water partition coefficient (Wildman–Crippen LogP) is 7.83.